The molecule has 5 heteroatoms. The molecule has 0 aliphatic carbocycles. The molecule has 20 heavy (non-hydrogen) atoms. The lowest BCUT2D eigenvalue weighted by Crippen LogP contribution is -2.39. The Morgan fingerprint density at radius 2 is 2.10 bits per heavy atom. The Bertz CT molecular complexity index is 584. The molecule has 0 spiro atoms. The van der Waals surface area contributed by atoms with Crippen molar-refractivity contribution in [2.45, 2.75) is 0 Å². The summed E-state index contributed by atoms with van der Waals surface area (Å²) in [5.41, 5.74) is 1.97. The first-order chi connectivity index (χ1) is 9.84. The molecule has 0 amide bonds. The van der Waals surface area contributed by atoms with E-state index in [0.29, 0.717) is 0 Å². The van der Waals surface area contributed by atoms with Gasteiger partial charge in [0.05, 0.1) is 29.4 Å². The zero-order valence-electron chi connectivity index (χ0n) is 11.3. The predicted octanol–water partition coefficient (Wildman–Crippen LogP) is 2.63. The van der Waals surface area contributed by atoms with Crippen molar-refractivity contribution < 1.29 is 4.74 Å². The van der Waals surface area contributed by atoms with E-state index in [1.807, 2.05) is 24.3 Å². The lowest BCUT2D eigenvalue weighted by atomic mass is 10.2. The summed E-state index contributed by atoms with van der Waals surface area (Å²) < 4.78 is 5.35. The molecule has 3 rings (SSSR count). The maximum atomic E-state index is 6.19. The Kier molecular flexibility index (Phi) is 4.35. The molecule has 1 aromatic heterocycles. The van der Waals surface area contributed by atoms with Crippen LogP contribution in [0.5, 0.6) is 0 Å². The molecule has 0 radical (unpaired) electrons. The van der Waals surface area contributed by atoms with Gasteiger partial charge in [-0.25, -0.2) is 0 Å². The summed E-state index contributed by atoms with van der Waals surface area (Å²) in [6.45, 7) is 5.62. The number of aromatic nitrogens is 1. The third kappa shape index (κ3) is 3.03. The number of pyridine rings is 1. The van der Waals surface area contributed by atoms with Crippen molar-refractivity contribution in [1.82, 2.24) is 9.88 Å². The number of hydrogen-bond acceptors (Lipinski definition) is 4. The second kappa shape index (κ2) is 6.39. The zero-order valence-corrected chi connectivity index (χ0v) is 12.1. The van der Waals surface area contributed by atoms with Crippen LogP contribution in [0.4, 0.5) is 5.69 Å². The van der Waals surface area contributed by atoms with E-state index in [2.05, 4.69) is 15.2 Å². The van der Waals surface area contributed by atoms with Crippen molar-refractivity contribution >= 4 is 28.2 Å². The minimum atomic E-state index is 0.742. The van der Waals surface area contributed by atoms with Gasteiger partial charge >= 0.3 is 0 Å². The molecule has 0 saturated carbocycles. The summed E-state index contributed by atoms with van der Waals surface area (Å²) >= 11 is 6.19. The molecule has 0 atom stereocenters. The molecule has 1 saturated heterocycles. The summed E-state index contributed by atoms with van der Waals surface area (Å²) in [4.78, 5) is 6.83. The van der Waals surface area contributed by atoms with Crippen molar-refractivity contribution in [3.8, 4) is 0 Å². The normalized spacial score (nSPS) is 16.4. The van der Waals surface area contributed by atoms with Gasteiger partial charge in [0.15, 0.2) is 0 Å². The fraction of sp³-hybridized carbons (Fsp3) is 0.400. The van der Waals surface area contributed by atoms with Gasteiger partial charge in [0, 0.05) is 37.8 Å². The number of ether oxygens (including phenoxy) is 1. The topological polar surface area (TPSA) is 37.4 Å². The number of halogens is 1. The standard InChI is InChI=1S/C15H18ClN3O/c16-13-3-4-14(15-12(13)2-1-5-18-15)17-6-7-19-8-10-20-11-9-19/h1-5,17H,6-11H2. The Morgan fingerprint density at radius 3 is 2.95 bits per heavy atom. The average Bonchev–Trinajstić information content (AvgIpc) is 2.51. The van der Waals surface area contributed by atoms with Crippen molar-refractivity contribution in [2.75, 3.05) is 44.7 Å². The Hall–Kier alpha value is -1.36. The van der Waals surface area contributed by atoms with Crippen LogP contribution in [0.25, 0.3) is 10.9 Å². The molecule has 0 unspecified atom stereocenters. The van der Waals surface area contributed by atoms with Crippen molar-refractivity contribution in [1.29, 1.82) is 0 Å². The Labute approximate surface area is 123 Å². The van der Waals surface area contributed by atoms with E-state index in [1.165, 1.54) is 0 Å². The van der Waals surface area contributed by atoms with Crippen LogP contribution in [0.2, 0.25) is 5.02 Å². The summed E-state index contributed by atoms with van der Waals surface area (Å²) in [5, 5.41) is 5.19. The highest BCUT2D eigenvalue weighted by Crippen LogP contribution is 2.27. The van der Waals surface area contributed by atoms with Crippen LogP contribution in [-0.4, -0.2) is 49.3 Å². The maximum absolute atomic E-state index is 6.19. The summed E-state index contributed by atoms with van der Waals surface area (Å²) in [5.74, 6) is 0. The van der Waals surface area contributed by atoms with Gasteiger partial charge < -0.3 is 10.1 Å². The SMILES string of the molecule is Clc1ccc(NCCN2CCOCC2)c2ncccc12. The Balaban J connectivity index is 1.67. The van der Waals surface area contributed by atoms with Crippen LogP contribution >= 0.6 is 11.6 Å². The summed E-state index contributed by atoms with van der Waals surface area (Å²) in [6, 6.07) is 7.82. The molecule has 106 valence electrons. The van der Waals surface area contributed by atoms with Gasteiger partial charge in [-0.15, -0.1) is 0 Å². The molecular formula is C15H18ClN3O. The quantitative estimate of drug-likeness (QED) is 0.940. The fourth-order valence-electron chi connectivity index (χ4n) is 2.45. The third-order valence-corrected chi connectivity index (χ3v) is 3.89. The second-order valence-electron chi connectivity index (χ2n) is 4.88. The lowest BCUT2D eigenvalue weighted by molar-refractivity contribution is 0.0398. The van der Waals surface area contributed by atoms with E-state index >= 15 is 0 Å². The first kappa shape index (κ1) is 13.6. The van der Waals surface area contributed by atoms with Gasteiger partial charge in [-0.1, -0.05) is 11.6 Å². The molecular weight excluding hydrogens is 274 g/mol. The number of morpholine rings is 1. The molecule has 2 heterocycles. The largest absolute Gasteiger partial charge is 0.382 e. The van der Waals surface area contributed by atoms with Crippen LogP contribution in [0.15, 0.2) is 30.5 Å². The monoisotopic (exact) mass is 291 g/mol. The summed E-state index contributed by atoms with van der Waals surface area (Å²) in [7, 11) is 0. The number of benzene rings is 1. The number of rotatable bonds is 4. The van der Waals surface area contributed by atoms with Crippen LogP contribution in [0, 0.1) is 0 Å². The lowest BCUT2D eigenvalue weighted by Gasteiger charge is -2.26. The van der Waals surface area contributed by atoms with Crippen LogP contribution in [0.3, 0.4) is 0 Å². The first-order valence-corrected chi connectivity index (χ1v) is 7.29. The fourth-order valence-corrected chi connectivity index (χ4v) is 2.67. The summed E-state index contributed by atoms with van der Waals surface area (Å²) in [6.07, 6.45) is 1.80. The second-order valence-corrected chi connectivity index (χ2v) is 5.28. The minimum absolute atomic E-state index is 0.742. The van der Waals surface area contributed by atoms with E-state index < -0.39 is 0 Å². The molecule has 1 N–H and O–H groups in total. The predicted molar refractivity (Wildman–Crippen MR) is 82.5 cm³/mol. The van der Waals surface area contributed by atoms with E-state index in [1.54, 1.807) is 6.20 Å². The van der Waals surface area contributed by atoms with Crippen LogP contribution in [-0.2, 0) is 4.74 Å². The van der Waals surface area contributed by atoms with Crippen LogP contribution in [0.1, 0.15) is 0 Å². The molecule has 4 nitrogen and oxygen atoms in total. The Morgan fingerprint density at radius 1 is 1.25 bits per heavy atom. The smallest absolute Gasteiger partial charge is 0.0948 e. The molecule has 2 aromatic rings. The van der Waals surface area contributed by atoms with Gasteiger partial charge in [0.25, 0.3) is 0 Å². The van der Waals surface area contributed by atoms with Crippen molar-refractivity contribution in [3.05, 3.63) is 35.5 Å². The molecule has 1 aliphatic rings. The number of anilines is 1. The highest BCUT2D eigenvalue weighted by atomic mass is 35.5. The number of nitrogens with one attached hydrogen (secondary N) is 1. The maximum Gasteiger partial charge on any atom is 0.0948 e. The van der Waals surface area contributed by atoms with E-state index in [9.17, 15) is 0 Å². The van der Waals surface area contributed by atoms with E-state index in [4.69, 9.17) is 16.3 Å². The van der Waals surface area contributed by atoms with Gasteiger partial charge in [0.2, 0.25) is 0 Å². The molecule has 1 aliphatic heterocycles. The zero-order chi connectivity index (χ0) is 13.8. The highest BCUT2D eigenvalue weighted by Gasteiger charge is 2.10. The average molecular weight is 292 g/mol. The minimum Gasteiger partial charge on any atom is -0.382 e. The number of fused-ring (bicyclic) bond motifs is 1. The van der Waals surface area contributed by atoms with E-state index in [-0.39, 0.29) is 0 Å². The molecule has 1 fully saturated rings. The third-order valence-electron chi connectivity index (χ3n) is 3.56. The first-order valence-electron chi connectivity index (χ1n) is 6.92. The molecule has 0 bridgehead atoms. The van der Waals surface area contributed by atoms with Crippen molar-refractivity contribution in [3.63, 3.8) is 0 Å². The van der Waals surface area contributed by atoms with Gasteiger partial charge in [-0.2, -0.15) is 0 Å². The van der Waals surface area contributed by atoms with Gasteiger partial charge in [-0.05, 0) is 24.3 Å². The molecule has 1 aromatic carbocycles. The highest BCUT2D eigenvalue weighted by molar-refractivity contribution is 6.35. The van der Waals surface area contributed by atoms with E-state index in [0.717, 1.165) is 61.0 Å². The number of hydrogen-bond donors (Lipinski definition) is 1. The van der Waals surface area contributed by atoms with Gasteiger partial charge in [0.1, 0.15) is 0 Å². The van der Waals surface area contributed by atoms with Gasteiger partial charge in [-0.3, -0.25) is 9.88 Å². The van der Waals surface area contributed by atoms with Crippen molar-refractivity contribution in [2.24, 2.45) is 0 Å². The van der Waals surface area contributed by atoms with Crippen LogP contribution < -0.4 is 5.32 Å². The number of nitrogens with zero attached hydrogens (tertiary/aromatic N) is 2.